The quantitative estimate of drug-likeness (QED) is 0.848. The zero-order valence-electron chi connectivity index (χ0n) is 9.04. The van der Waals surface area contributed by atoms with E-state index in [4.69, 9.17) is 17.3 Å². The van der Waals surface area contributed by atoms with Crippen LogP contribution in [-0.2, 0) is 11.3 Å². The number of hydrogen-bond acceptors (Lipinski definition) is 4. The Morgan fingerprint density at radius 1 is 1.65 bits per heavy atom. The molecule has 0 unspecified atom stereocenters. The summed E-state index contributed by atoms with van der Waals surface area (Å²) in [5.74, 6) is -0.898. The largest absolute Gasteiger partial charge is 0.462 e. The number of carbonyl (C=O) groups excluding carboxylic acids is 1. The third kappa shape index (κ3) is 2.89. The molecular weight excluding hydrogens is 254 g/mol. The molecule has 0 atom stereocenters. The monoisotopic (exact) mass is 264 g/mol. The Hall–Kier alpha value is -1.27. The van der Waals surface area contributed by atoms with Gasteiger partial charge in [0.15, 0.2) is 0 Å². The van der Waals surface area contributed by atoms with Crippen LogP contribution in [0.15, 0.2) is 6.20 Å². The SMILES string of the molecule is CCOC(=O)c1c(Cl)cnc(CN)c1C(F)F. The number of pyridine rings is 1. The highest BCUT2D eigenvalue weighted by Gasteiger charge is 2.26. The minimum atomic E-state index is -2.89. The van der Waals surface area contributed by atoms with Crippen LogP contribution in [0.25, 0.3) is 0 Å². The number of rotatable bonds is 4. The number of aromatic nitrogens is 1. The summed E-state index contributed by atoms with van der Waals surface area (Å²) in [6, 6.07) is 0. The molecule has 17 heavy (non-hydrogen) atoms. The van der Waals surface area contributed by atoms with Crippen LogP contribution in [0.5, 0.6) is 0 Å². The van der Waals surface area contributed by atoms with Crippen molar-refractivity contribution in [3.63, 3.8) is 0 Å². The second-order valence-electron chi connectivity index (χ2n) is 3.07. The van der Waals surface area contributed by atoms with Gasteiger partial charge in [-0.2, -0.15) is 0 Å². The fourth-order valence-electron chi connectivity index (χ4n) is 1.35. The van der Waals surface area contributed by atoms with Gasteiger partial charge in [-0.15, -0.1) is 0 Å². The lowest BCUT2D eigenvalue weighted by Crippen LogP contribution is -2.14. The molecule has 1 heterocycles. The summed E-state index contributed by atoms with van der Waals surface area (Å²) < 4.78 is 30.5. The van der Waals surface area contributed by atoms with Crippen LogP contribution in [-0.4, -0.2) is 17.6 Å². The van der Waals surface area contributed by atoms with Gasteiger partial charge in [0.25, 0.3) is 6.43 Å². The van der Waals surface area contributed by atoms with Crippen molar-refractivity contribution in [1.29, 1.82) is 0 Å². The lowest BCUT2D eigenvalue weighted by molar-refractivity contribution is 0.0515. The molecule has 0 aliphatic carbocycles. The van der Waals surface area contributed by atoms with Gasteiger partial charge in [0, 0.05) is 12.7 Å². The van der Waals surface area contributed by atoms with Crippen LogP contribution in [0.4, 0.5) is 8.78 Å². The van der Waals surface area contributed by atoms with Crippen LogP contribution < -0.4 is 5.73 Å². The van der Waals surface area contributed by atoms with E-state index in [1.54, 1.807) is 6.92 Å². The van der Waals surface area contributed by atoms with Gasteiger partial charge in [-0.05, 0) is 6.92 Å². The topological polar surface area (TPSA) is 65.2 Å². The van der Waals surface area contributed by atoms with E-state index in [-0.39, 0.29) is 29.4 Å². The van der Waals surface area contributed by atoms with Crippen molar-refractivity contribution in [1.82, 2.24) is 4.98 Å². The Balaban J connectivity index is 3.38. The molecule has 1 aromatic rings. The van der Waals surface area contributed by atoms with Crippen molar-refractivity contribution in [2.75, 3.05) is 6.61 Å². The second kappa shape index (κ2) is 5.88. The third-order valence-corrected chi connectivity index (χ3v) is 2.33. The summed E-state index contributed by atoms with van der Waals surface area (Å²) in [7, 11) is 0. The predicted molar refractivity (Wildman–Crippen MR) is 58.1 cm³/mol. The third-order valence-electron chi connectivity index (χ3n) is 2.04. The fraction of sp³-hybridized carbons (Fsp3) is 0.400. The molecule has 7 heteroatoms. The lowest BCUT2D eigenvalue weighted by atomic mass is 10.1. The number of halogens is 3. The van der Waals surface area contributed by atoms with Crippen molar-refractivity contribution in [2.24, 2.45) is 5.73 Å². The number of carbonyl (C=O) groups is 1. The molecule has 94 valence electrons. The van der Waals surface area contributed by atoms with E-state index in [9.17, 15) is 13.6 Å². The molecule has 1 rings (SSSR count). The highest BCUT2D eigenvalue weighted by atomic mass is 35.5. The first-order valence-electron chi connectivity index (χ1n) is 4.85. The average Bonchev–Trinajstić information content (AvgIpc) is 2.28. The van der Waals surface area contributed by atoms with Gasteiger partial charge in [0.05, 0.1) is 28.5 Å². The van der Waals surface area contributed by atoms with E-state index < -0.39 is 18.0 Å². The van der Waals surface area contributed by atoms with Crippen LogP contribution in [0, 0.1) is 0 Å². The van der Waals surface area contributed by atoms with Crippen molar-refractivity contribution in [2.45, 2.75) is 19.9 Å². The minimum absolute atomic E-state index is 0.0625. The molecule has 0 aromatic carbocycles. The zero-order valence-corrected chi connectivity index (χ0v) is 9.80. The van der Waals surface area contributed by atoms with E-state index in [1.165, 1.54) is 0 Å². The molecule has 2 N–H and O–H groups in total. The van der Waals surface area contributed by atoms with Gasteiger partial charge < -0.3 is 10.5 Å². The summed E-state index contributed by atoms with van der Waals surface area (Å²) >= 11 is 5.70. The van der Waals surface area contributed by atoms with Crippen molar-refractivity contribution in [3.8, 4) is 0 Å². The number of nitrogens with zero attached hydrogens (tertiary/aromatic N) is 1. The highest BCUT2D eigenvalue weighted by Crippen LogP contribution is 2.30. The van der Waals surface area contributed by atoms with Crippen LogP contribution in [0.3, 0.4) is 0 Å². The van der Waals surface area contributed by atoms with Crippen LogP contribution in [0.1, 0.15) is 35.0 Å². The zero-order chi connectivity index (χ0) is 13.0. The van der Waals surface area contributed by atoms with Crippen LogP contribution in [0.2, 0.25) is 5.02 Å². The maximum atomic E-state index is 12.9. The van der Waals surface area contributed by atoms with Gasteiger partial charge in [0.2, 0.25) is 0 Å². The predicted octanol–water partition coefficient (Wildman–Crippen LogP) is 2.31. The molecule has 0 bridgehead atoms. The maximum absolute atomic E-state index is 12.9. The average molecular weight is 265 g/mol. The lowest BCUT2D eigenvalue weighted by Gasteiger charge is -2.12. The first-order valence-corrected chi connectivity index (χ1v) is 5.23. The molecule has 0 saturated carbocycles. The number of ether oxygens (including phenoxy) is 1. The van der Waals surface area contributed by atoms with E-state index in [0.717, 1.165) is 6.20 Å². The van der Waals surface area contributed by atoms with Gasteiger partial charge in [-0.3, -0.25) is 4.98 Å². The molecule has 0 radical (unpaired) electrons. The summed E-state index contributed by atoms with van der Waals surface area (Å²) in [6.07, 6.45) is -1.78. The summed E-state index contributed by atoms with van der Waals surface area (Å²) in [5.41, 5.74) is 4.31. The number of hydrogen-bond donors (Lipinski definition) is 1. The van der Waals surface area contributed by atoms with Gasteiger partial charge in [-0.1, -0.05) is 11.6 Å². The summed E-state index contributed by atoms with van der Waals surface area (Å²) in [5, 5.41) is -0.170. The highest BCUT2D eigenvalue weighted by molar-refractivity contribution is 6.33. The summed E-state index contributed by atoms with van der Waals surface area (Å²) in [6.45, 7) is 1.43. The second-order valence-corrected chi connectivity index (χ2v) is 3.47. The van der Waals surface area contributed by atoms with Gasteiger partial charge in [0.1, 0.15) is 0 Å². The van der Waals surface area contributed by atoms with Crippen molar-refractivity contribution >= 4 is 17.6 Å². The summed E-state index contributed by atoms with van der Waals surface area (Å²) in [4.78, 5) is 15.2. The molecule has 0 amide bonds. The maximum Gasteiger partial charge on any atom is 0.340 e. The first kappa shape index (κ1) is 13.8. The van der Waals surface area contributed by atoms with Crippen LogP contribution >= 0.6 is 11.6 Å². The molecule has 0 spiro atoms. The number of esters is 1. The Morgan fingerprint density at radius 2 is 2.29 bits per heavy atom. The molecule has 0 aliphatic heterocycles. The minimum Gasteiger partial charge on any atom is -0.462 e. The molecule has 1 aromatic heterocycles. The Kier molecular flexibility index (Phi) is 4.77. The van der Waals surface area contributed by atoms with Gasteiger partial charge >= 0.3 is 5.97 Å². The first-order chi connectivity index (χ1) is 8.02. The van der Waals surface area contributed by atoms with Gasteiger partial charge in [-0.25, -0.2) is 13.6 Å². The van der Waals surface area contributed by atoms with E-state index >= 15 is 0 Å². The smallest absolute Gasteiger partial charge is 0.340 e. The van der Waals surface area contributed by atoms with Crippen molar-refractivity contribution in [3.05, 3.63) is 28.0 Å². The molecule has 0 fully saturated rings. The Bertz CT molecular complexity index is 427. The number of alkyl halides is 2. The van der Waals surface area contributed by atoms with E-state index in [1.807, 2.05) is 0 Å². The molecule has 0 aliphatic rings. The van der Waals surface area contributed by atoms with E-state index in [2.05, 4.69) is 9.72 Å². The fourth-order valence-corrected chi connectivity index (χ4v) is 1.58. The molecule has 0 saturated heterocycles. The Labute approximate surface area is 102 Å². The number of nitrogens with two attached hydrogens (primary N) is 1. The Morgan fingerprint density at radius 3 is 2.76 bits per heavy atom. The molecular formula is C10H11ClF2N2O2. The standard InChI is InChI=1S/C10H11ClF2N2O2/c1-2-17-10(16)7-5(11)4-15-6(3-14)8(7)9(12)13/h4,9H,2-3,14H2,1H3. The van der Waals surface area contributed by atoms with Crippen molar-refractivity contribution < 1.29 is 18.3 Å². The van der Waals surface area contributed by atoms with E-state index in [0.29, 0.717) is 0 Å². The molecule has 4 nitrogen and oxygen atoms in total. The normalized spacial score (nSPS) is 10.7.